The first-order valence-electron chi connectivity index (χ1n) is 4.61. The van der Waals surface area contributed by atoms with Crippen LogP contribution < -0.4 is 4.74 Å². The number of nitrogens with zero attached hydrogens (tertiary/aromatic N) is 2. The molecular formula is C11H10N2O2S. The Morgan fingerprint density at radius 3 is 3.06 bits per heavy atom. The zero-order valence-electron chi connectivity index (χ0n) is 8.62. The summed E-state index contributed by atoms with van der Waals surface area (Å²) in [4.78, 5) is 8.15. The number of thiazole rings is 1. The first kappa shape index (κ1) is 10.6. The SMILES string of the molecule is COc1cccc(C=Nc2nccs2)c1O. The molecule has 0 aliphatic carbocycles. The second kappa shape index (κ2) is 4.76. The quantitative estimate of drug-likeness (QED) is 0.830. The molecule has 0 aliphatic heterocycles. The molecular weight excluding hydrogens is 224 g/mol. The summed E-state index contributed by atoms with van der Waals surface area (Å²) in [6, 6.07) is 5.24. The fourth-order valence-corrected chi connectivity index (χ4v) is 1.69. The van der Waals surface area contributed by atoms with Crippen LogP contribution in [-0.2, 0) is 0 Å². The average Bonchev–Trinajstić information content (AvgIpc) is 2.81. The fourth-order valence-electron chi connectivity index (χ4n) is 1.21. The lowest BCUT2D eigenvalue weighted by Gasteiger charge is -2.04. The van der Waals surface area contributed by atoms with E-state index in [4.69, 9.17) is 4.74 Å². The molecule has 2 rings (SSSR count). The highest BCUT2D eigenvalue weighted by molar-refractivity contribution is 7.13. The van der Waals surface area contributed by atoms with Crippen molar-refractivity contribution in [3.8, 4) is 11.5 Å². The van der Waals surface area contributed by atoms with Crippen LogP contribution in [0, 0.1) is 0 Å². The van der Waals surface area contributed by atoms with E-state index in [1.54, 1.807) is 30.6 Å². The van der Waals surface area contributed by atoms with Gasteiger partial charge in [0.1, 0.15) is 0 Å². The molecule has 1 heterocycles. The van der Waals surface area contributed by atoms with E-state index in [1.165, 1.54) is 18.4 Å². The minimum atomic E-state index is 0.0882. The van der Waals surface area contributed by atoms with Gasteiger partial charge in [0.15, 0.2) is 11.5 Å². The van der Waals surface area contributed by atoms with Gasteiger partial charge in [-0.3, -0.25) is 0 Å². The molecule has 0 amide bonds. The molecule has 82 valence electrons. The number of hydrogen-bond donors (Lipinski definition) is 1. The van der Waals surface area contributed by atoms with Crippen molar-refractivity contribution in [1.29, 1.82) is 0 Å². The number of aromatic nitrogens is 1. The number of rotatable bonds is 3. The first-order valence-corrected chi connectivity index (χ1v) is 5.49. The maximum Gasteiger partial charge on any atom is 0.209 e. The lowest BCUT2D eigenvalue weighted by Crippen LogP contribution is -1.87. The van der Waals surface area contributed by atoms with Gasteiger partial charge in [-0.05, 0) is 12.1 Å². The van der Waals surface area contributed by atoms with Crippen LogP contribution in [-0.4, -0.2) is 23.4 Å². The molecule has 0 radical (unpaired) electrons. The Balaban J connectivity index is 2.28. The summed E-state index contributed by atoms with van der Waals surface area (Å²) in [5.74, 6) is 0.522. The Labute approximate surface area is 96.9 Å². The predicted octanol–water partition coefficient (Wildman–Crippen LogP) is 2.61. The topological polar surface area (TPSA) is 54.7 Å². The second-order valence-electron chi connectivity index (χ2n) is 2.97. The van der Waals surface area contributed by atoms with E-state index >= 15 is 0 Å². The third kappa shape index (κ3) is 2.20. The largest absolute Gasteiger partial charge is 0.504 e. The summed E-state index contributed by atoms with van der Waals surface area (Å²) >= 11 is 1.44. The van der Waals surface area contributed by atoms with Gasteiger partial charge in [-0.2, -0.15) is 0 Å². The van der Waals surface area contributed by atoms with Gasteiger partial charge >= 0.3 is 0 Å². The smallest absolute Gasteiger partial charge is 0.209 e. The third-order valence-corrected chi connectivity index (χ3v) is 2.66. The molecule has 0 fully saturated rings. The van der Waals surface area contributed by atoms with Gasteiger partial charge in [-0.25, -0.2) is 9.98 Å². The summed E-state index contributed by atoms with van der Waals surface area (Å²) < 4.78 is 5.00. The van der Waals surface area contributed by atoms with Crippen molar-refractivity contribution in [3.05, 3.63) is 35.3 Å². The molecule has 0 saturated carbocycles. The normalized spacial score (nSPS) is 10.8. The van der Waals surface area contributed by atoms with Crippen molar-refractivity contribution in [2.45, 2.75) is 0 Å². The van der Waals surface area contributed by atoms with E-state index in [1.807, 2.05) is 5.38 Å². The number of methoxy groups -OCH3 is 1. The Morgan fingerprint density at radius 2 is 2.38 bits per heavy atom. The van der Waals surface area contributed by atoms with E-state index in [0.717, 1.165) is 0 Å². The van der Waals surface area contributed by atoms with Crippen LogP contribution in [0.2, 0.25) is 0 Å². The minimum absolute atomic E-state index is 0.0882. The van der Waals surface area contributed by atoms with Crippen LogP contribution in [0.25, 0.3) is 0 Å². The van der Waals surface area contributed by atoms with Crippen LogP contribution in [0.4, 0.5) is 5.13 Å². The number of ether oxygens (including phenoxy) is 1. The van der Waals surface area contributed by atoms with Crippen molar-refractivity contribution in [3.63, 3.8) is 0 Å². The van der Waals surface area contributed by atoms with Gasteiger partial charge in [-0.1, -0.05) is 6.07 Å². The molecule has 5 heteroatoms. The predicted molar refractivity (Wildman–Crippen MR) is 64.0 cm³/mol. The van der Waals surface area contributed by atoms with Crippen molar-refractivity contribution >= 4 is 22.7 Å². The Morgan fingerprint density at radius 1 is 1.50 bits per heavy atom. The molecule has 0 aliphatic rings. The minimum Gasteiger partial charge on any atom is -0.504 e. The number of para-hydroxylation sites is 1. The van der Waals surface area contributed by atoms with Crippen molar-refractivity contribution in [2.24, 2.45) is 4.99 Å². The fraction of sp³-hybridized carbons (Fsp3) is 0.0909. The van der Waals surface area contributed by atoms with Crippen LogP contribution in [0.1, 0.15) is 5.56 Å². The highest BCUT2D eigenvalue weighted by atomic mass is 32.1. The average molecular weight is 234 g/mol. The molecule has 0 bridgehead atoms. The third-order valence-electron chi connectivity index (χ3n) is 1.98. The summed E-state index contributed by atoms with van der Waals surface area (Å²) in [7, 11) is 1.51. The van der Waals surface area contributed by atoms with Gasteiger partial charge in [0, 0.05) is 23.4 Å². The van der Waals surface area contributed by atoms with Crippen molar-refractivity contribution < 1.29 is 9.84 Å². The molecule has 1 aromatic heterocycles. The lowest BCUT2D eigenvalue weighted by atomic mass is 10.2. The molecule has 2 aromatic rings. The van der Waals surface area contributed by atoms with E-state index < -0.39 is 0 Å². The zero-order valence-corrected chi connectivity index (χ0v) is 9.44. The summed E-state index contributed by atoms with van der Waals surface area (Å²) in [6.45, 7) is 0. The van der Waals surface area contributed by atoms with Gasteiger partial charge < -0.3 is 9.84 Å². The monoisotopic (exact) mass is 234 g/mol. The molecule has 4 nitrogen and oxygen atoms in total. The maximum absolute atomic E-state index is 9.78. The van der Waals surface area contributed by atoms with Crippen LogP contribution in [0.3, 0.4) is 0 Å². The Kier molecular flexibility index (Phi) is 3.16. The van der Waals surface area contributed by atoms with Gasteiger partial charge in [0.25, 0.3) is 0 Å². The Hall–Kier alpha value is -1.88. The van der Waals surface area contributed by atoms with E-state index in [0.29, 0.717) is 16.4 Å². The highest BCUT2D eigenvalue weighted by Gasteiger charge is 2.04. The zero-order chi connectivity index (χ0) is 11.4. The number of aliphatic imine (C=N–C) groups is 1. The molecule has 1 aromatic carbocycles. The number of phenolic OH excluding ortho intramolecular Hbond substituents is 1. The van der Waals surface area contributed by atoms with Crippen LogP contribution in [0.15, 0.2) is 34.8 Å². The van der Waals surface area contributed by atoms with Crippen LogP contribution >= 0.6 is 11.3 Å². The molecule has 1 N–H and O–H groups in total. The van der Waals surface area contributed by atoms with E-state index in [2.05, 4.69) is 9.98 Å². The lowest BCUT2D eigenvalue weighted by molar-refractivity contribution is 0.373. The van der Waals surface area contributed by atoms with Gasteiger partial charge in [0.05, 0.1) is 7.11 Å². The molecule has 16 heavy (non-hydrogen) atoms. The summed E-state index contributed by atoms with van der Waals surface area (Å²) in [5, 5.41) is 12.3. The Bertz CT molecular complexity index is 495. The maximum atomic E-state index is 9.78. The van der Waals surface area contributed by atoms with Crippen molar-refractivity contribution in [2.75, 3.05) is 7.11 Å². The highest BCUT2D eigenvalue weighted by Crippen LogP contribution is 2.28. The molecule has 0 saturated heterocycles. The number of phenols is 1. The summed E-state index contributed by atoms with van der Waals surface area (Å²) in [6.07, 6.45) is 3.25. The number of benzene rings is 1. The molecule has 0 atom stereocenters. The molecule has 0 unspecified atom stereocenters. The number of aromatic hydroxyl groups is 1. The van der Waals surface area contributed by atoms with E-state index in [9.17, 15) is 5.11 Å². The van der Waals surface area contributed by atoms with E-state index in [-0.39, 0.29) is 5.75 Å². The van der Waals surface area contributed by atoms with Crippen LogP contribution in [0.5, 0.6) is 11.5 Å². The second-order valence-corrected chi connectivity index (χ2v) is 3.84. The first-order chi connectivity index (χ1) is 7.81. The molecule has 0 spiro atoms. The van der Waals surface area contributed by atoms with Gasteiger partial charge in [0.2, 0.25) is 5.13 Å². The standard InChI is InChI=1S/C11H10N2O2S/c1-15-9-4-2-3-8(10(9)14)7-13-11-12-5-6-16-11/h2-7,14H,1H3. The van der Waals surface area contributed by atoms with Gasteiger partial charge in [-0.15, -0.1) is 11.3 Å². The van der Waals surface area contributed by atoms with Crippen molar-refractivity contribution in [1.82, 2.24) is 4.98 Å². The summed E-state index contributed by atoms with van der Waals surface area (Å²) in [5.41, 5.74) is 0.606. The number of hydrogen-bond acceptors (Lipinski definition) is 5.